The molecule has 0 unspecified atom stereocenters. The smallest absolute Gasteiger partial charge is 0.240 e. The predicted molar refractivity (Wildman–Crippen MR) is 142 cm³/mol. The molecule has 0 aromatic heterocycles. The molecule has 4 nitrogen and oxygen atoms in total. The molecule has 4 aliphatic carbocycles. The number of nitrogens with zero attached hydrogens (tertiary/aromatic N) is 1. The second-order valence-electron chi connectivity index (χ2n) is 13.0. The molecule has 0 saturated heterocycles. The first-order chi connectivity index (χ1) is 16.8. The average Bonchev–Trinajstić information content (AvgIpc) is 3.21. The standard InChI is InChI=1S/C31H46N2O2/c1-21(9-14-29(35)33-32-20-22-7-5-4-6-8-22)26-12-13-27-25-11-10-23-19-24(34)15-17-30(23,2)28(25)16-18-31(26,27)3/h4-8,20-21,23-28,34H,9-19H2,1-3H3,(H,33,35)/b32-20+/t21-,23-,24-,25+,26-,27+,28+,30+,31-/m1/s1. The van der Waals surface area contributed by atoms with Gasteiger partial charge in [0.25, 0.3) is 0 Å². The topological polar surface area (TPSA) is 61.7 Å². The van der Waals surface area contributed by atoms with E-state index in [4.69, 9.17) is 0 Å². The quantitative estimate of drug-likeness (QED) is 0.359. The Morgan fingerprint density at radius 3 is 2.60 bits per heavy atom. The highest BCUT2D eigenvalue weighted by molar-refractivity contribution is 5.82. The fourth-order valence-corrected chi connectivity index (χ4v) is 9.54. The molecule has 5 rings (SSSR count). The Bertz CT molecular complexity index is 916. The van der Waals surface area contributed by atoms with Gasteiger partial charge in [0, 0.05) is 6.42 Å². The third kappa shape index (κ3) is 4.72. The number of hydrogen-bond acceptors (Lipinski definition) is 3. The van der Waals surface area contributed by atoms with Crippen molar-refractivity contribution in [1.29, 1.82) is 0 Å². The van der Waals surface area contributed by atoms with Gasteiger partial charge in [-0.25, -0.2) is 5.43 Å². The highest BCUT2D eigenvalue weighted by Crippen LogP contribution is 2.68. The molecule has 0 heterocycles. The van der Waals surface area contributed by atoms with E-state index in [1.165, 1.54) is 44.9 Å². The molecule has 4 heteroatoms. The highest BCUT2D eigenvalue weighted by Gasteiger charge is 2.60. The van der Waals surface area contributed by atoms with Crippen molar-refractivity contribution in [3.05, 3.63) is 35.9 Å². The van der Waals surface area contributed by atoms with Crippen molar-refractivity contribution in [1.82, 2.24) is 5.43 Å². The minimum atomic E-state index is -0.0589. The van der Waals surface area contributed by atoms with Gasteiger partial charge in [0.2, 0.25) is 5.91 Å². The Morgan fingerprint density at radius 2 is 1.80 bits per heavy atom. The lowest BCUT2D eigenvalue weighted by atomic mass is 9.44. The number of carbonyl (C=O) groups is 1. The summed E-state index contributed by atoms with van der Waals surface area (Å²) in [4.78, 5) is 12.5. The molecule has 1 aromatic rings. The van der Waals surface area contributed by atoms with Crippen LogP contribution in [0.1, 0.15) is 97.0 Å². The summed E-state index contributed by atoms with van der Waals surface area (Å²) in [5.41, 5.74) is 4.60. The van der Waals surface area contributed by atoms with Crippen molar-refractivity contribution in [2.75, 3.05) is 0 Å². The van der Waals surface area contributed by atoms with E-state index in [1.54, 1.807) is 6.21 Å². The Morgan fingerprint density at radius 1 is 1.06 bits per heavy atom. The van der Waals surface area contributed by atoms with Crippen LogP contribution < -0.4 is 5.43 Å². The van der Waals surface area contributed by atoms with Crippen LogP contribution in [0, 0.1) is 46.3 Å². The van der Waals surface area contributed by atoms with Crippen molar-refractivity contribution in [2.45, 2.75) is 97.5 Å². The summed E-state index contributed by atoms with van der Waals surface area (Å²) in [6, 6.07) is 9.88. The number of rotatable bonds is 6. The summed E-state index contributed by atoms with van der Waals surface area (Å²) in [5, 5.41) is 14.4. The van der Waals surface area contributed by atoms with Crippen LogP contribution in [0.15, 0.2) is 35.4 Å². The Labute approximate surface area is 212 Å². The number of amides is 1. The third-order valence-electron chi connectivity index (χ3n) is 11.4. The van der Waals surface area contributed by atoms with E-state index in [1.807, 2.05) is 30.3 Å². The maximum absolute atomic E-state index is 12.5. The Hall–Kier alpha value is -1.68. The number of fused-ring (bicyclic) bond motifs is 5. The van der Waals surface area contributed by atoms with Gasteiger partial charge >= 0.3 is 0 Å². The van der Waals surface area contributed by atoms with Gasteiger partial charge < -0.3 is 5.11 Å². The zero-order chi connectivity index (χ0) is 24.6. The maximum Gasteiger partial charge on any atom is 0.240 e. The fourth-order valence-electron chi connectivity index (χ4n) is 9.54. The summed E-state index contributed by atoms with van der Waals surface area (Å²) >= 11 is 0. The van der Waals surface area contributed by atoms with E-state index in [9.17, 15) is 9.90 Å². The molecule has 4 aliphatic rings. The minimum Gasteiger partial charge on any atom is -0.393 e. The zero-order valence-corrected chi connectivity index (χ0v) is 22.1. The predicted octanol–water partition coefficient (Wildman–Crippen LogP) is 6.57. The molecule has 4 fully saturated rings. The third-order valence-corrected chi connectivity index (χ3v) is 11.4. The molecule has 0 aliphatic heterocycles. The zero-order valence-electron chi connectivity index (χ0n) is 22.1. The molecule has 2 N–H and O–H groups in total. The van der Waals surface area contributed by atoms with E-state index >= 15 is 0 Å². The summed E-state index contributed by atoms with van der Waals surface area (Å²) in [5.74, 6) is 4.64. The van der Waals surface area contributed by atoms with Gasteiger partial charge in [-0.05, 0) is 116 Å². The summed E-state index contributed by atoms with van der Waals surface area (Å²) in [6.07, 6.45) is 14.6. The number of nitrogens with one attached hydrogen (secondary N) is 1. The average molecular weight is 479 g/mol. The molecule has 35 heavy (non-hydrogen) atoms. The van der Waals surface area contributed by atoms with E-state index in [0.29, 0.717) is 23.2 Å². The van der Waals surface area contributed by atoms with Crippen molar-refractivity contribution in [2.24, 2.45) is 51.4 Å². The van der Waals surface area contributed by atoms with Crippen molar-refractivity contribution in [3.63, 3.8) is 0 Å². The van der Waals surface area contributed by atoms with Gasteiger partial charge in [0.1, 0.15) is 0 Å². The summed E-state index contributed by atoms with van der Waals surface area (Å²) in [7, 11) is 0. The lowest BCUT2D eigenvalue weighted by Gasteiger charge is -2.61. The lowest BCUT2D eigenvalue weighted by Crippen LogP contribution is -2.54. The largest absolute Gasteiger partial charge is 0.393 e. The second-order valence-corrected chi connectivity index (χ2v) is 13.0. The van der Waals surface area contributed by atoms with Crippen LogP contribution in [0.2, 0.25) is 0 Å². The van der Waals surface area contributed by atoms with Crippen LogP contribution in [0.5, 0.6) is 0 Å². The van der Waals surface area contributed by atoms with E-state index in [-0.39, 0.29) is 12.0 Å². The molecule has 4 saturated carbocycles. The molecule has 9 atom stereocenters. The SMILES string of the molecule is C[C@H](CCC(=O)N/N=C/c1ccccc1)[C@H]1CC[C@H]2[C@@H]3CC[C@@H]4C[C@H](O)CC[C@]4(C)[C@H]3CC[C@]12C. The van der Waals surface area contributed by atoms with Gasteiger partial charge in [-0.2, -0.15) is 5.10 Å². The van der Waals surface area contributed by atoms with Gasteiger partial charge in [0.15, 0.2) is 0 Å². The van der Waals surface area contributed by atoms with Gasteiger partial charge in [-0.1, -0.05) is 51.1 Å². The number of aliphatic hydroxyl groups excluding tert-OH is 1. The van der Waals surface area contributed by atoms with E-state index < -0.39 is 0 Å². The number of hydrogen-bond donors (Lipinski definition) is 2. The van der Waals surface area contributed by atoms with Gasteiger partial charge in [0.05, 0.1) is 12.3 Å². The first-order valence-electron chi connectivity index (χ1n) is 14.4. The van der Waals surface area contributed by atoms with Crippen molar-refractivity contribution in [3.8, 4) is 0 Å². The minimum absolute atomic E-state index is 0.0261. The monoisotopic (exact) mass is 478 g/mol. The molecule has 1 amide bonds. The number of hydrazone groups is 1. The molecule has 0 radical (unpaired) electrons. The van der Waals surface area contributed by atoms with E-state index in [0.717, 1.165) is 54.4 Å². The maximum atomic E-state index is 12.5. The van der Waals surface area contributed by atoms with Gasteiger partial charge in [-0.3, -0.25) is 4.79 Å². The van der Waals surface area contributed by atoms with E-state index in [2.05, 4.69) is 31.3 Å². The van der Waals surface area contributed by atoms with Crippen LogP contribution in [-0.4, -0.2) is 23.3 Å². The number of carbonyl (C=O) groups excluding carboxylic acids is 1. The summed E-state index contributed by atoms with van der Waals surface area (Å²) < 4.78 is 0. The molecule has 1 aromatic carbocycles. The lowest BCUT2D eigenvalue weighted by molar-refractivity contribution is -0.129. The number of benzene rings is 1. The van der Waals surface area contributed by atoms with Gasteiger partial charge in [-0.15, -0.1) is 0 Å². The second kappa shape index (κ2) is 10.00. The highest BCUT2D eigenvalue weighted by atomic mass is 16.3. The van der Waals surface area contributed by atoms with Crippen LogP contribution in [0.3, 0.4) is 0 Å². The molecule has 0 spiro atoms. The first kappa shape index (κ1) is 25.0. The normalized spacial score (nSPS) is 41.6. The Balaban J connectivity index is 1.17. The fraction of sp³-hybridized carbons (Fsp3) is 0.742. The molecule has 0 bridgehead atoms. The Kier molecular flexibility index (Phi) is 7.14. The number of aliphatic hydroxyl groups is 1. The van der Waals surface area contributed by atoms with Crippen molar-refractivity contribution >= 4 is 12.1 Å². The summed E-state index contributed by atoms with van der Waals surface area (Å²) in [6.45, 7) is 7.58. The molecular weight excluding hydrogens is 432 g/mol. The van der Waals surface area contributed by atoms with Crippen LogP contribution >= 0.6 is 0 Å². The first-order valence-corrected chi connectivity index (χ1v) is 14.4. The van der Waals surface area contributed by atoms with Crippen molar-refractivity contribution < 1.29 is 9.90 Å². The van der Waals surface area contributed by atoms with Crippen LogP contribution in [0.4, 0.5) is 0 Å². The van der Waals surface area contributed by atoms with Crippen LogP contribution in [0.25, 0.3) is 0 Å². The molecule has 192 valence electrons. The molecular formula is C31H46N2O2. The van der Waals surface area contributed by atoms with Crippen LogP contribution in [-0.2, 0) is 4.79 Å².